The van der Waals surface area contributed by atoms with Crippen molar-refractivity contribution in [2.75, 3.05) is 0 Å². The van der Waals surface area contributed by atoms with E-state index >= 15 is 0 Å². The van der Waals surface area contributed by atoms with Gasteiger partial charge in [-0.05, 0) is 41.1 Å². The molecule has 1 N–H and O–H groups in total. The summed E-state index contributed by atoms with van der Waals surface area (Å²) in [6.07, 6.45) is 2.98. The lowest BCUT2D eigenvalue weighted by Crippen LogP contribution is -1.98. The largest absolute Gasteiger partial charge is 0.388 e. The summed E-state index contributed by atoms with van der Waals surface area (Å²) in [5.74, 6) is 0.741. The molecule has 1 atom stereocenters. The maximum absolute atomic E-state index is 9.91. The van der Waals surface area contributed by atoms with Gasteiger partial charge in [-0.1, -0.05) is 26.7 Å². The van der Waals surface area contributed by atoms with Gasteiger partial charge < -0.3 is 5.11 Å². The van der Waals surface area contributed by atoms with Crippen LogP contribution in [0.2, 0.25) is 0 Å². The van der Waals surface area contributed by atoms with Crippen molar-refractivity contribution in [1.82, 2.24) is 0 Å². The highest BCUT2D eigenvalue weighted by molar-refractivity contribution is 7.08. The van der Waals surface area contributed by atoms with Crippen LogP contribution in [0.15, 0.2) is 10.8 Å². The van der Waals surface area contributed by atoms with Crippen molar-refractivity contribution >= 4 is 11.3 Å². The van der Waals surface area contributed by atoms with Crippen LogP contribution in [-0.2, 0) is 0 Å². The van der Waals surface area contributed by atoms with Gasteiger partial charge in [0.15, 0.2) is 0 Å². The van der Waals surface area contributed by atoms with E-state index in [1.807, 2.05) is 0 Å². The fourth-order valence-corrected chi connectivity index (χ4v) is 2.48. The summed E-state index contributed by atoms with van der Waals surface area (Å²) in [5, 5.41) is 14.1. The van der Waals surface area contributed by atoms with Gasteiger partial charge in [0.05, 0.1) is 6.10 Å². The Morgan fingerprint density at radius 3 is 2.50 bits per heavy atom. The topological polar surface area (TPSA) is 20.2 Å². The van der Waals surface area contributed by atoms with Gasteiger partial charge in [0, 0.05) is 0 Å². The normalized spacial score (nSPS) is 13.5. The van der Waals surface area contributed by atoms with E-state index in [9.17, 15) is 5.11 Å². The van der Waals surface area contributed by atoms with Crippen LogP contribution in [0.5, 0.6) is 0 Å². The third-order valence-corrected chi connectivity index (χ3v) is 3.39. The van der Waals surface area contributed by atoms with E-state index in [4.69, 9.17) is 0 Å². The summed E-state index contributed by atoms with van der Waals surface area (Å²) >= 11 is 1.67. The van der Waals surface area contributed by atoms with Crippen LogP contribution in [0.1, 0.15) is 50.3 Å². The molecule has 14 heavy (non-hydrogen) atoms. The van der Waals surface area contributed by atoms with Crippen LogP contribution in [0.3, 0.4) is 0 Å². The van der Waals surface area contributed by atoms with E-state index < -0.39 is 0 Å². The quantitative estimate of drug-likeness (QED) is 0.784. The summed E-state index contributed by atoms with van der Waals surface area (Å²) in [6, 6.07) is 0. The number of thiophene rings is 1. The van der Waals surface area contributed by atoms with E-state index in [1.54, 1.807) is 11.3 Å². The van der Waals surface area contributed by atoms with E-state index in [-0.39, 0.29) is 6.10 Å². The van der Waals surface area contributed by atoms with Gasteiger partial charge in [0.2, 0.25) is 0 Å². The molecule has 1 unspecified atom stereocenters. The van der Waals surface area contributed by atoms with Crippen LogP contribution < -0.4 is 0 Å². The predicted molar refractivity (Wildman–Crippen MR) is 62.7 cm³/mol. The third kappa shape index (κ3) is 3.43. The van der Waals surface area contributed by atoms with E-state index in [0.29, 0.717) is 0 Å². The van der Waals surface area contributed by atoms with Gasteiger partial charge >= 0.3 is 0 Å². The number of aryl methyl sites for hydroxylation is 1. The lowest BCUT2D eigenvalue weighted by atomic mass is 10.00. The van der Waals surface area contributed by atoms with Crippen molar-refractivity contribution in [2.24, 2.45) is 5.92 Å². The number of aliphatic hydroxyl groups is 1. The second-order valence-corrected chi connectivity index (χ2v) is 5.09. The van der Waals surface area contributed by atoms with Crippen molar-refractivity contribution in [3.05, 3.63) is 21.9 Å². The van der Waals surface area contributed by atoms with Crippen LogP contribution >= 0.6 is 11.3 Å². The molecule has 0 radical (unpaired) electrons. The molecule has 80 valence electrons. The Balaban J connectivity index is 2.36. The van der Waals surface area contributed by atoms with Crippen molar-refractivity contribution in [2.45, 2.75) is 46.1 Å². The first-order valence-corrected chi connectivity index (χ1v) is 6.26. The van der Waals surface area contributed by atoms with E-state index in [0.717, 1.165) is 24.3 Å². The lowest BCUT2D eigenvalue weighted by Gasteiger charge is -2.11. The van der Waals surface area contributed by atoms with Gasteiger partial charge in [-0.2, -0.15) is 11.3 Å². The first-order valence-electron chi connectivity index (χ1n) is 5.32. The molecule has 1 nitrogen and oxygen atoms in total. The summed E-state index contributed by atoms with van der Waals surface area (Å²) in [4.78, 5) is 0. The van der Waals surface area contributed by atoms with E-state index in [1.165, 1.54) is 12.0 Å². The summed E-state index contributed by atoms with van der Waals surface area (Å²) in [6.45, 7) is 6.52. The molecule has 0 aliphatic heterocycles. The molecule has 1 aromatic rings. The molecule has 1 heterocycles. The molecule has 0 spiro atoms. The molecule has 0 bridgehead atoms. The van der Waals surface area contributed by atoms with Crippen LogP contribution in [0.4, 0.5) is 0 Å². The Kier molecular flexibility index (Phi) is 4.63. The number of hydrogen-bond acceptors (Lipinski definition) is 2. The second kappa shape index (κ2) is 5.52. The smallest absolute Gasteiger partial charge is 0.0800 e. The van der Waals surface area contributed by atoms with Crippen molar-refractivity contribution in [1.29, 1.82) is 0 Å². The van der Waals surface area contributed by atoms with Crippen LogP contribution in [-0.4, -0.2) is 5.11 Å². The highest BCUT2D eigenvalue weighted by Crippen LogP contribution is 2.26. The zero-order valence-corrected chi connectivity index (χ0v) is 10.1. The molecule has 0 saturated carbocycles. The maximum Gasteiger partial charge on any atom is 0.0800 e. The molecule has 0 amide bonds. The highest BCUT2D eigenvalue weighted by atomic mass is 32.1. The molecule has 1 rings (SSSR count). The minimum absolute atomic E-state index is 0.250. The first-order chi connectivity index (χ1) is 6.61. The Morgan fingerprint density at radius 2 is 2.00 bits per heavy atom. The SMILES string of the molecule is Cc1cscc1C(O)CCCC(C)C. The van der Waals surface area contributed by atoms with Gasteiger partial charge in [-0.15, -0.1) is 0 Å². The van der Waals surface area contributed by atoms with Crippen molar-refractivity contribution in [3.8, 4) is 0 Å². The van der Waals surface area contributed by atoms with Gasteiger partial charge in [-0.25, -0.2) is 0 Å². The molecular formula is C12H20OS. The fourth-order valence-electron chi connectivity index (χ4n) is 1.59. The first kappa shape index (κ1) is 11.7. The maximum atomic E-state index is 9.91. The summed E-state index contributed by atoms with van der Waals surface area (Å²) in [7, 11) is 0. The molecule has 0 aliphatic carbocycles. The molecule has 0 aliphatic rings. The minimum atomic E-state index is -0.250. The zero-order chi connectivity index (χ0) is 10.6. The number of hydrogen-bond donors (Lipinski definition) is 1. The fraction of sp³-hybridized carbons (Fsp3) is 0.667. The average Bonchev–Trinajstić information content (AvgIpc) is 2.50. The molecule has 0 saturated heterocycles. The standard InChI is InChI=1S/C12H20OS/c1-9(2)5-4-6-12(13)11-8-14-7-10(11)3/h7-9,12-13H,4-6H2,1-3H3. The molecule has 0 fully saturated rings. The lowest BCUT2D eigenvalue weighted by molar-refractivity contribution is 0.162. The summed E-state index contributed by atoms with van der Waals surface area (Å²) in [5.41, 5.74) is 2.35. The van der Waals surface area contributed by atoms with Crippen LogP contribution in [0, 0.1) is 12.8 Å². The van der Waals surface area contributed by atoms with Gasteiger partial charge in [0.1, 0.15) is 0 Å². The number of aliphatic hydroxyl groups excluding tert-OH is 1. The molecule has 1 aromatic heterocycles. The minimum Gasteiger partial charge on any atom is -0.388 e. The Bertz CT molecular complexity index is 265. The number of rotatable bonds is 5. The van der Waals surface area contributed by atoms with Gasteiger partial charge in [0.25, 0.3) is 0 Å². The molecular weight excluding hydrogens is 192 g/mol. The van der Waals surface area contributed by atoms with Crippen molar-refractivity contribution < 1.29 is 5.11 Å². The Morgan fingerprint density at radius 1 is 1.29 bits per heavy atom. The molecule has 0 aromatic carbocycles. The van der Waals surface area contributed by atoms with E-state index in [2.05, 4.69) is 31.5 Å². The Labute approximate surface area is 90.8 Å². The molecule has 2 heteroatoms. The second-order valence-electron chi connectivity index (χ2n) is 4.35. The summed E-state index contributed by atoms with van der Waals surface area (Å²) < 4.78 is 0. The monoisotopic (exact) mass is 212 g/mol. The van der Waals surface area contributed by atoms with Gasteiger partial charge in [-0.3, -0.25) is 0 Å². The predicted octanol–water partition coefficient (Wildman–Crippen LogP) is 3.92. The zero-order valence-electron chi connectivity index (χ0n) is 9.29. The highest BCUT2D eigenvalue weighted by Gasteiger charge is 2.10. The van der Waals surface area contributed by atoms with Crippen LogP contribution in [0.25, 0.3) is 0 Å². The van der Waals surface area contributed by atoms with Crippen molar-refractivity contribution in [3.63, 3.8) is 0 Å². The average molecular weight is 212 g/mol. The third-order valence-electron chi connectivity index (χ3n) is 2.51. The Hall–Kier alpha value is -0.340.